The largest absolute Gasteiger partial charge is 0.425 e. The van der Waals surface area contributed by atoms with Crippen LogP contribution in [0.5, 0.6) is 5.75 Å². The Kier molecular flexibility index (Phi) is 3.64. The van der Waals surface area contributed by atoms with Crippen molar-refractivity contribution in [2.24, 2.45) is 17.3 Å². The van der Waals surface area contributed by atoms with Gasteiger partial charge in [-0.05, 0) is 29.5 Å². The van der Waals surface area contributed by atoms with Crippen molar-refractivity contribution in [2.75, 3.05) is 0 Å². The van der Waals surface area contributed by atoms with Crippen LogP contribution in [0.3, 0.4) is 0 Å². The molecule has 0 bridgehead atoms. The first-order valence-corrected chi connectivity index (χ1v) is 6.33. The first-order valence-electron chi connectivity index (χ1n) is 5.57. The number of hydrogen-bond donors (Lipinski definition) is 0. The van der Waals surface area contributed by atoms with Crippen molar-refractivity contribution in [1.29, 1.82) is 0 Å². The fraction of sp³-hybridized carbons (Fsp3) is 0.385. The van der Waals surface area contributed by atoms with Crippen molar-refractivity contribution in [2.45, 2.75) is 13.8 Å². The number of rotatable bonds is 3. The maximum atomic E-state index is 12.0. The van der Waals surface area contributed by atoms with Gasteiger partial charge >= 0.3 is 5.97 Å². The Morgan fingerprint density at radius 1 is 1.50 bits per heavy atom. The Labute approximate surface area is 116 Å². The van der Waals surface area contributed by atoms with Gasteiger partial charge in [0.05, 0.1) is 12.1 Å². The van der Waals surface area contributed by atoms with Gasteiger partial charge in [-0.2, -0.15) is 0 Å². The van der Waals surface area contributed by atoms with Crippen LogP contribution >= 0.6 is 23.2 Å². The predicted molar refractivity (Wildman–Crippen MR) is 70.4 cm³/mol. The first-order chi connectivity index (χ1) is 8.43. The lowest BCUT2D eigenvalue weighted by Crippen LogP contribution is -2.13. The number of aromatic nitrogens is 1. The van der Waals surface area contributed by atoms with Crippen LogP contribution in [0, 0.1) is 17.3 Å². The summed E-state index contributed by atoms with van der Waals surface area (Å²) in [6, 6.07) is 3.41. The van der Waals surface area contributed by atoms with Crippen molar-refractivity contribution < 1.29 is 9.53 Å². The number of nitrogens with zero attached hydrogens (tertiary/aromatic N) is 1. The second-order valence-electron chi connectivity index (χ2n) is 4.89. The van der Waals surface area contributed by atoms with Crippen LogP contribution in [-0.4, -0.2) is 11.0 Å². The van der Waals surface area contributed by atoms with Gasteiger partial charge < -0.3 is 4.74 Å². The highest BCUT2D eigenvalue weighted by Crippen LogP contribution is 2.60. The van der Waals surface area contributed by atoms with E-state index in [1.165, 1.54) is 6.20 Å². The van der Waals surface area contributed by atoms with Gasteiger partial charge in [0, 0.05) is 6.20 Å². The molecule has 1 saturated carbocycles. The minimum Gasteiger partial charge on any atom is -0.425 e. The summed E-state index contributed by atoms with van der Waals surface area (Å²) in [6.07, 6.45) is 4.82. The van der Waals surface area contributed by atoms with E-state index in [0.717, 1.165) is 0 Å². The van der Waals surface area contributed by atoms with E-state index in [0.29, 0.717) is 5.75 Å². The zero-order valence-electron chi connectivity index (χ0n) is 10.1. The van der Waals surface area contributed by atoms with Crippen molar-refractivity contribution in [3.63, 3.8) is 0 Å². The molecule has 2 rings (SSSR count). The van der Waals surface area contributed by atoms with Gasteiger partial charge in [-0.1, -0.05) is 37.0 Å². The molecule has 0 spiro atoms. The second kappa shape index (κ2) is 4.90. The molecule has 18 heavy (non-hydrogen) atoms. The fourth-order valence-electron chi connectivity index (χ4n) is 2.16. The number of halogens is 2. The second-order valence-corrected chi connectivity index (χ2v) is 5.90. The summed E-state index contributed by atoms with van der Waals surface area (Å²) in [6.45, 7) is 3.97. The van der Waals surface area contributed by atoms with Crippen molar-refractivity contribution in [1.82, 2.24) is 4.98 Å². The number of carbonyl (C=O) groups is 1. The van der Waals surface area contributed by atoms with Crippen LogP contribution in [0.15, 0.2) is 35.1 Å². The van der Waals surface area contributed by atoms with Gasteiger partial charge in [0.1, 0.15) is 10.2 Å². The molecule has 1 aromatic heterocycles. The quantitative estimate of drug-likeness (QED) is 0.797. The van der Waals surface area contributed by atoms with Crippen molar-refractivity contribution in [3.8, 4) is 5.75 Å². The monoisotopic (exact) mass is 285 g/mol. The van der Waals surface area contributed by atoms with Crippen LogP contribution in [0.2, 0.25) is 0 Å². The summed E-state index contributed by atoms with van der Waals surface area (Å²) in [5, 5.41) is 0. The van der Waals surface area contributed by atoms with Gasteiger partial charge in [-0.25, -0.2) is 0 Å². The minimum absolute atomic E-state index is 0.0201. The van der Waals surface area contributed by atoms with Gasteiger partial charge in [0.25, 0.3) is 0 Å². The van der Waals surface area contributed by atoms with E-state index < -0.39 is 0 Å². The third-order valence-electron chi connectivity index (χ3n) is 3.32. The number of ether oxygens (including phenoxy) is 1. The van der Waals surface area contributed by atoms with Crippen LogP contribution < -0.4 is 4.74 Å². The lowest BCUT2D eigenvalue weighted by molar-refractivity contribution is -0.136. The average Bonchev–Trinajstić information content (AvgIpc) is 2.80. The third-order valence-corrected chi connectivity index (χ3v) is 3.57. The molecule has 1 aliphatic rings. The van der Waals surface area contributed by atoms with E-state index >= 15 is 0 Å². The molecule has 1 aliphatic carbocycles. The molecule has 0 saturated heterocycles. The normalized spacial score (nSPS) is 24.2. The van der Waals surface area contributed by atoms with Gasteiger partial charge in [0.2, 0.25) is 0 Å². The van der Waals surface area contributed by atoms with Crippen LogP contribution in [0.4, 0.5) is 0 Å². The highest BCUT2D eigenvalue weighted by atomic mass is 35.5. The molecule has 1 fully saturated rings. The highest BCUT2D eigenvalue weighted by Gasteiger charge is 2.61. The summed E-state index contributed by atoms with van der Waals surface area (Å²) in [5.41, 5.74) is -0.172. The molecule has 5 heteroatoms. The Bertz CT molecular complexity index is 481. The molecule has 3 nitrogen and oxygen atoms in total. The minimum atomic E-state index is -0.274. The lowest BCUT2D eigenvalue weighted by Gasteiger charge is -2.04. The Balaban J connectivity index is 2.05. The van der Waals surface area contributed by atoms with Gasteiger partial charge in [-0.3, -0.25) is 9.78 Å². The number of hydrogen-bond acceptors (Lipinski definition) is 3. The molecule has 0 unspecified atom stereocenters. The summed E-state index contributed by atoms with van der Waals surface area (Å²) in [4.78, 5) is 15.9. The number of carbonyl (C=O) groups excluding carboxylic acids is 1. The summed E-state index contributed by atoms with van der Waals surface area (Å²) in [5.74, 6) is -0.0226. The lowest BCUT2D eigenvalue weighted by atomic mass is 10.1. The zero-order valence-corrected chi connectivity index (χ0v) is 11.6. The Hall–Kier alpha value is -1.06. The predicted octanol–water partition coefficient (Wildman–Crippen LogP) is 3.58. The molecule has 0 amide bonds. The Morgan fingerprint density at radius 2 is 2.22 bits per heavy atom. The fourth-order valence-corrected chi connectivity index (χ4v) is 2.43. The van der Waals surface area contributed by atoms with E-state index in [2.05, 4.69) is 4.98 Å². The molecule has 0 radical (unpaired) electrons. The summed E-state index contributed by atoms with van der Waals surface area (Å²) >= 11 is 11.3. The maximum Gasteiger partial charge on any atom is 0.315 e. The zero-order chi connectivity index (χ0) is 13.3. The molecule has 0 N–H and O–H groups in total. The number of allylic oxidation sites excluding steroid dienone is 1. The molecule has 1 heterocycles. The number of pyridine rings is 1. The molecule has 2 atom stereocenters. The molecule has 0 aliphatic heterocycles. The molecule has 96 valence electrons. The van der Waals surface area contributed by atoms with Gasteiger partial charge in [-0.15, -0.1) is 0 Å². The van der Waals surface area contributed by atoms with E-state index in [1.54, 1.807) is 24.4 Å². The Morgan fingerprint density at radius 3 is 2.78 bits per heavy atom. The SMILES string of the molecule is CC1(C)[C@H](C=C(Cl)Cl)[C@H]1C(=O)Oc1cccnc1. The maximum absolute atomic E-state index is 12.0. The molecular weight excluding hydrogens is 273 g/mol. The smallest absolute Gasteiger partial charge is 0.315 e. The van der Waals surface area contributed by atoms with Crippen molar-refractivity contribution >= 4 is 29.2 Å². The summed E-state index contributed by atoms with van der Waals surface area (Å²) < 4.78 is 5.45. The van der Waals surface area contributed by atoms with E-state index in [4.69, 9.17) is 27.9 Å². The standard InChI is InChI=1S/C13H13Cl2NO2/c1-13(2)9(6-10(14)15)11(13)12(17)18-8-4-3-5-16-7-8/h3-7,9,11H,1-2H3/t9-,11+/m1/s1. The topological polar surface area (TPSA) is 39.2 Å². The van der Waals surface area contributed by atoms with Crippen LogP contribution in [0.25, 0.3) is 0 Å². The third kappa shape index (κ3) is 2.68. The molecular formula is C13H13Cl2NO2. The van der Waals surface area contributed by atoms with Crippen LogP contribution in [-0.2, 0) is 4.79 Å². The number of esters is 1. The van der Waals surface area contributed by atoms with E-state index in [9.17, 15) is 4.79 Å². The highest BCUT2D eigenvalue weighted by molar-refractivity contribution is 6.55. The molecule has 0 aromatic carbocycles. The van der Waals surface area contributed by atoms with Crippen molar-refractivity contribution in [3.05, 3.63) is 35.1 Å². The summed E-state index contributed by atoms with van der Waals surface area (Å²) in [7, 11) is 0. The van der Waals surface area contributed by atoms with E-state index in [-0.39, 0.29) is 27.7 Å². The van der Waals surface area contributed by atoms with Gasteiger partial charge in [0.15, 0.2) is 0 Å². The average molecular weight is 286 g/mol. The van der Waals surface area contributed by atoms with E-state index in [1.807, 2.05) is 13.8 Å². The van der Waals surface area contributed by atoms with Crippen LogP contribution in [0.1, 0.15) is 13.8 Å². The molecule has 1 aromatic rings. The first kappa shape index (κ1) is 13.4.